The summed E-state index contributed by atoms with van der Waals surface area (Å²) in [7, 11) is 0. The van der Waals surface area contributed by atoms with Crippen molar-refractivity contribution in [3.05, 3.63) is 39.4 Å². The van der Waals surface area contributed by atoms with Crippen LogP contribution in [0.25, 0.3) is 0 Å². The van der Waals surface area contributed by atoms with Gasteiger partial charge in [0.15, 0.2) is 6.61 Å². The standard InChI is InChI=1S/C16H20N2O6/c1-10-6-13(4-5-14(10)18(21)22)16(20)23-9-15(19)17-7-11(2)24-12(3)8-17/h4-6,11-12H,7-9H2,1-3H3. The number of rotatable bonds is 4. The van der Waals surface area contributed by atoms with Crippen molar-refractivity contribution in [3.8, 4) is 0 Å². The second kappa shape index (κ2) is 7.39. The minimum atomic E-state index is -0.685. The lowest BCUT2D eigenvalue weighted by Gasteiger charge is -2.35. The zero-order valence-corrected chi connectivity index (χ0v) is 13.9. The number of carbonyl (C=O) groups is 2. The van der Waals surface area contributed by atoms with E-state index < -0.39 is 10.9 Å². The van der Waals surface area contributed by atoms with Gasteiger partial charge in [-0.2, -0.15) is 0 Å². The maximum absolute atomic E-state index is 12.1. The number of ether oxygens (including phenoxy) is 2. The third kappa shape index (κ3) is 4.29. The van der Waals surface area contributed by atoms with E-state index in [1.54, 1.807) is 4.90 Å². The Morgan fingerprint density at radius 1 is 1.33 bits per heavy atom. The van der Waals surface area contributed by atoms with Crippen LogP contribution in [0.15, 0.2) is 18.2 Å². The number of amides is 1. The maximum atomic E-state index is 12.1. The van der Waals surface area contributed by atoms with E-state index in [0.717, 1.165) is 0 Å². The van der Waals surface area contributed by atoms with E-state index in [4.69, 9.17) is 9.47 Å². The number of esters is 1. The molecule has 1 aromatic rings. The molecule has 0 aromatic heterocycles. The number of carbonyl (C=O) groups excluding carboxylic acids is 2. The molecule has 2 atom stereocenters. The Morgan fingerprint density at radius 3 is 2.50 bits per heavy atom. The van der Waals surface area contributed by atoms with Crippen LogP contribution < -0.4 is 0 Å². The molecule has 0 N–H and O–H groups in total. The van der Waals surface area contributed by atoms with Crippen LogP contribution in [0, 0.1) is 17.0 Å². The van der Waals surface area contributed by atoms with Crippen LogP contribution in [0.4, 0.5) is 5.69 Å². The van der Waals surface area contributed by atoms with E-state index in [-0.39, 0.29) is 36.0 Å². The van der Waals surface area contributed by atoms with Gasteiger partial charge in [0.1, 0.15) is 0 Å². The summed E-state index contributed by atoms with van der Waals surface area (Å²) in [5.41, 5.74) is 0.463. The number of benzene rings is 1. The van der Waals surface area contributed by atoms with Gasteiger partial charge >= 0.3 is 5.97 Å². The van der Waals surface area contributed by atoms with Crippen LogP contribution in [0.2, 0.25) is 0 Å². The summed E-state index contributed by atoms with van der Waals surface area (Å²) >= 11 is 0. The first kappa shape index (κ1) is 17.9. The third-order valence-corrected chi connectivity index (χ3v) is 3.73. The summed E-state index contributed by atoms with van der Waals surface area (Å²) < 4.78 is 10.6. The minimum Gasteiger partial charge on any atom is -0.452 e. The van der Waals surface area contributed by atoms with Crippen molar-refractivity contribution in [2.24, 2.45) is 0 Å². The first-order chi connectivity index (χ1) is 11.3. The molecule has 1 fully saturated rings. The lowest BCUT2D eigenvalue weighted by atomic mass is 10.1. The lowest BCUT2D eigenvalue weighted by Crippen LogP contribution is -2.49. The molecule has 1 amide bonds. The van der Waals surface area contributed by atoms with Crippen molar-refractivity contribution < 1.29 is 24.0 Å². The van der Waals surface area contributed by atoms with Crippen LogP contribution in [0.5, 0.6) is 0 Å². The summed E-state index contributed by atoms with van der Waals surface area (Å²) in [6, 6.07) is 3.94. The molecule has 1 aromatic carbocycles. The fourth-order valence-corrected chi connectivity index (χ4v) is 2.67. The summed E-state index contributed by atoms with van der Waals surface area (Å²) in [5.74, 6) is -0.973. The van der Waals surface area contributed by atoms with Gasteiger partial charge in [-0.3, -0.25) is 14.9 Å². The van der Waals surface area contributed by atoms with Crippen molar-refractivity contribution in [1.82, 2.24) is 4.90 Å². The average Bonchev–Trinajstić information content (AvgIpc) is 2.50. The molecule has 130 valence electrons. The fraction of sp³-hybridized carbons (Fsp3) is 0.500. The molecule has 0 saturated carbocycles. The number of nitro benzene ring substituents is 1. The molecule has 1 saturated heterocycles. The summed E-state index contributed by atoms with van der Waals surface area (Å²) in [4.78, 5) is 36.0. The summed E-state index contributed by atoms with van der Waals surface area (Å²) in [5, 5.41) is 10.8. The van der Waals surface area contributed by atoms with Crippen molar-refractivity contribution in [3.63, 3.8) is 0 Å². The van der Waals surface area contributed by atoms with E-state index in [1.165, 1.54) is 25.1 Å². The Bertz CT molecular complexity index is 650. The SMILES string of the molecule is Cc1cc(C(=O)OCC(=O)N2CC(C)OC(C)C2)ccc1[N+](=O)[O-]. The zero-order chi connectivity index (χ0) is 17.9. The van der Waals surface area contributed by atoms with Gasteiger partial charge in [0.05, 0.1) is 22.7 Å². The van der Waals surface area contributed by atoms with E-state index in [9.17, 15) is 19.7 Å². The first-order valence-corrected chi connectivity index (χ1v) is 7.63. The molecule has 0 spiro atoms. The molecule has 8 nitrogen and oxygen atoms in total. The molecule has 1 heterocycles. The Kier molecular flexibility index (Phi) is 5.50. The predicted molar refractivity (Wildman–Crippen MR) is 84.7 cm³/mol. The molecular weight excluding hydrogens is 316 g/mol. The number of morpholine rings is 1. The first-order valence-electron chi connectivity index (χ1n) is 7.63. The predicted octanol–water partition coefficient (Wildman–Crippen LogP) is 1.70. The number of hydrogen-bond donors (Lipinski definition) is 0. The number of nitro groups is 1. The summed E-state index contributed by atoms with van der Waals surface area (Å²) in [6.45, 7) is 5.84. The topological polar surface area (TPSA) is 99.0 Å². The monoisotopic (exact) mass is 336 g/mol. The second-order valence-corrected chi connectivity index (χ2v) is 5.89. The van der Waals surface area contributed by atoms with Gasteiger partial charge in [0.25, 0.3) is 11.6 Å². The quantitative estimate of drug-likeness (QED) is 0.471. The number of nitrogens with zero attached hydrogens (tertiary/aromatic N) is 2. The van der Waals surface area contributed by atoms with Crippen LogP contribution >= 0.6 is 0 Å². The molecule has 0 bridgehead atoms. The van der Waals surface area contributed by atoms with Crippen LogP contribution in [0.3, 0.4) is 0 Å². The summed E-state index contributed by atoms with van der Waals surface area (Å²) in [6.07, 6.45) is -0.128. The molecule has 2 rings (SSSR count). The Hall–Kier alpha value is -2.48. The molecule has 0 aliphatic carbocycles. The Balaban J connectivity index is 1.94. The second-order valence-electron chi connectivity index (χ2n) is 5.89. The highest BCUT2D eigenvalue weighted by atomic mass is 16.6. The average molecular weight is 336 g/mol. The van der Waals surface area contributed by atoms with Gasteiger partial charge in [0.2, 0.25) is 0 Å². The van der Waals surface area contributed by atoms with Crippen LogP contribution in [-0.4, -0.2) is 53.6 Å². The van der Waals surface area contributed by atoms with Gasteiger partial charge < -0.3 is 14.4 Å². The molecule has 0 radical (unpaired) electrons. The fourth-order valence-electron chi connectivity index (χ4n) is 2.67. The van der Waals surface area contributed by atoms with E-state index in [2.05, 4.69) is 0 Å². The zero-order valence-electron chi connectivity index (χ0n) is 13.9. The van der Waals surface area contributed by atoms with Gasteiger partial charge in [-0.05, 0) is 32.9 Å². The Morgan fingerprint density at radius 2 is 1.96 bits per heavy atom. The normalized spacial score (nSPS) is 20.5. The van der Waals surface area contributed by atoms with E-state index in [1.807, 2.05) is 13.8 Å². The van der Waals surface area contributed by atoms with Gasteiger partial charge in [-0.1, -0.05) is 0 Å². The molecular formula is C16H20N2O6. The molecule has 1 aliphatic rings. The van der Waals surface area contributed by atoms with Crippen LogP contribution in [0.1, 0.15) is 29.8 Å². The minimum absolute atomic E-state index is 0.0641. The third-order valence-electron chi connectivity index (χ3n) is 3.73. The molecule has 24 heavy (non-hydrogen) atoms. The highest BCUT2D eigenvalue weighted by Crippen LogP contribution is 2.19. The lowest BCUT2D eigenvalue weighted by molar-refractivity contribution is -0.385. The largest absolute Gasteiger partial charge is 0.452 e. The highest BCUT2D eigenvalue weighted by Gasteiger charge is 2.26. The van der Waals surface area contributed by atoms with Crippen molar-refractivity contribution in [2.45, 2.75) is 33.0 Å². The van der Waals surface area contributed by atoms with Crippen molar-refractivity contribution >= 4 is 17.6 Å². The van der Waals surface area contributed by atoms with Gasteiger partial charge in [-0.15, -0.1) is 0 Å². The molecule has 1 aliphatic heterocycles. The van der Waals surface area contributed by atoms with Crippen molar-refractivity contribution in [1.29, 1.82) is 0 Å². The van der Waals surface area contributed by atoms with Gasteiger partial charge in [0, 0.05) is 24.7 Å². The number of aryl methyl sites for hydroxylation is 1. The highest BCUT2D eigenvalue weighted by molar-refractivity contribution is 5.91. The molecule has 8 heteroatoms. The smallest absolute Gasteiger partial charge is 0.338 e. The maximum Gasteiger partial charge on any atom is 0.338 e. The van der Waals surface area contributed by atoms with E-state index in [0.29, 0.717) is 18.7 Å². The molecule has 2 unspecified atom stereocenters. The van der Waals surface area contributed by atoms with Crippen LogP contribution in [-0.2, 0) is 14.3 Å². The van der Waals surface area contributed by atoms with Gasteiger partial charge in [-0.25, -0.2) is 4.79 Å². The van der Waals surface area contributed by atoms with E-state index >= 15 is 0 Å². The number of hydrogen-bond acceptors (Lipinski definition) is 6. The Labute approximate surface area is 139 Å². The van der Waals surface area contributed by atoms with Crippen molar-refractivity contribution in [2.75, 3.05) is 19.7 Å².